The van der Waals surface area contributed by atoms with Crippen LogP contribution in [0.4, 0.5) is 0 Å². The van der Waals surface area contributed by atoms with Gasteiger partial charge in [-0.1, -0.05) is 39.0 Å². The summed E-state index contributed by atoms with van der Waals surface area (Å²) in [5.41, 5.74) is -1.29. The molecule has 118 valence electrons. The number of aromatic amines is 1. The zero-order chi connectivity index (χ0) is 16.3. The second kappa shape index (κ2) is 7.45. The van der Waals surface area contributed by atoms with Crippen molar-refractivity contribution in [2.45, 2.75) is 25.0 Å². The van der Waals surface area contributed by atoms with E-state index < -0.39 is 38.1 Å². The summed E-state index contributed by atoms with van der Waals surface area (Å²) < 4.78 is 21.9. The molecule has 22 heavy (non-hydrogen) atoms. The first kappa shape index (κ1) is 17.3. The predicted molar refractivity (Wildman–Crippen MR) is 82.5 cm³/mol. The van der Waals surface area contributed by atoms with E-state index in [1.807, 2.05) is 22.6 Å². The van der Waals surface area contributed by atoms with Crippen molar-refractivity contribution < 1.29 is 23.8 Å². The van der Waals surface area contributed by atoms with Crippen molar-refractivity contribution in [2.24, 2.45) is 0 Å². The first-order valence-electron chi connectivity index (χ1n) is 5.99. The minimum atomic E-state index is -2.96. The minimum absolute atomic E-state index is 0.0427. The van der Waals surface area contributed by atoms with E-state index in [2.05, 4.69) is 21.3 Å². The second-order valence-corrected chi connectivity index (χ2v) is 5.70. The van der Waals surface area contributed by atoms with E-state index in [0.717, 1.165) is 4.57 Å². The Morgan fingerprint density at radius 3 is 2.95 bits per heavy atom. The molecule has 3 N–H and O–H groups in total. The highest BCUT2D eigenvalue weighted by molar-refractivity contribution is 14.1. The Balaban J connectivity index is 2.31. The van der Waals surface area contributed by atoms with Crippen LogP contribution in [0, 0.1) is 11.8 Å². The molecule has 0 radical (unpaired) electrons. The van der Waals surface area contributed by atoms with E-state index in [0.29, 0.717) is 4.43 Å². The maximum absolute atomic E-state index is 11.8. The number of aliphatic hydroxyl groups is 1. The quantitative estimate of drug-likeness (QED) is 0.252. The molecule has 11 heteroatoms. The Kier molecular flexibility index (Phi) is 5.85. The molecule has 1 aliphatic rings. The van der Waals surface area contributed by atoms with Crippen LogP contribution >= 0.6 is 30.8 Å². The van der Waals surface area contributed by atoms with Gasteiger partial charge in [0, 0.05) is 17.2 Å². The van der Waals surface area contributed by atoms with Crippen molar-refractivity contribution in [2.75, 3.05) is 4.43 Å². The lowest BCUT2D eigenvalue weighted by atomic mass is 10.2. The molecule has 2 heterocycles. The van der Waals surface area contributed by atoms with Crippen LogP contribution in [0.15, 0.2) is 15.8 Å². The number of rotatable bonds is 3. The smallest absolute Gasteiger partial charge is 0.387 e. The van der Waals surface area contributed by atoms with Crippen LogP contribution in [0.25, 0.3) is 0 Å². The summed E-state index contributed by atoms with van der Waals surface area (Å²) in [5.74, 6) is 5.31. The summed E-state index contributed by atoms with van der Waals surface area (Å²) in [6, 6.07) is 0. The lowest BCUT2D eigenvalue weighted by Gasteiger charge is -2.12. The van der Waals surface area contributed by atoms with Crippen LogP contribution in [0.3, 0.4) is 0 Å². The number of hydrogen-bond acceptors (Lipinski definition) is 6. The molecule has 0 spiro atoms. The Hall–Kier alpha value is -1.09. The first-order valence-corrected chi connectivity index (χ1v) is 8.64. The van der Waals surface area contributed by atoms with Crippen LogP contribution < -0.4 is 11.2 Å². The fourth-order valence-electron chi connectivity index (χ4n) is 1.90. The number of aromatic nitrogens is 2. The molecule has 9 nitrogen and oxygen atoms in total. The van der Waals surface area contributed by atoms with Gasteiger partial charge < -0.3 is 9.84 Å². The van der Waals surface area contributed by atoms with Crippen LogP contribution in [0.2, 0.25) is 0 Å². The van der Waals surface area contributed by atoms with Crippen LogP contribution in [0.1, 0.15) is 18.2 Å². The Morgan fingerprint density at radius 1 is 1.59 bits per heavy atom. The largest absolute Gasteiger partial charge is 0.697 e. The summed E-state index contributed by atoms with van der Waals surface area (Å²) in [7, 11) is -2.96. The highest BCUT2D eigenvalue weighted by Gasteiger charge is 2.41. The fourth-order valence-corrected chi connectivity index (χ4v) is 2.46. The third-order valence-electron chi connectivity index (χ3n) is 2.81. The van der Waals surface area contributed by atoms with Crippen molar-refractivity contribution in [3.05, 3.63) is 32.6 Å². The highest BCUT2D eigenvalue weighted by atomic mass is 127. The topological polar surface area (TPSA) is 131 Å². The zero-order valence-electron chi connectivity index (χ0n) is 10.9. The average molecular weight is 441 g/mol. The van der Waals surface area contributed by atoms with Crippen molar-refractivity contribution >= 4 is 30.8 Å². The summed E-state index contributed by atoms with van der Waals surface area (Å²) >= 11 is 2.02. The molecule has 0 aromatic carbocycles. The van der Waals surface area contributed by atoms with Gasteiger partial charge in [-0.05, 0) is 0 Å². The van der Waals surface area contributed by atoms with E-state index in [9.17, 15) is 19.3 Å². The Bertz CT molecular complexity index is 749. The van der Waals surface area contributed by atoms with E-state index in [1.54, 1.807) is 0 Å². The molecule has 1 aromatic heterocycles. The molecule has 4 atom stereocenters. The Labute approximate surface area is 138 Å². The molecule has 0 saturated carbocycles. The van der Waals surface area contributed by atoms with Crippen molar-refractivity contribution in [3.63, 3.8) is 0 Å². The maximum Gasteiger partial charge on any atom is 0.697 e. The monoisotopic (exact) mass is 441 g/mol. The molecule has 0 bridgehead atoms. The van der Waals surface area contributed by atoms with Gasteiger partial charge in [-0.2, -0.15) is 0 Å². The van der Waals surface area contributed by atoms with Gasteiger partial charge >= 0.3 is 13.9 Å². The van der Waals surface area contributed by atoms with Gasteiger partial charge in [0.1, 0.15) is 17.9 Å². The maximum atomic E-state index is 11.8. The highest BCUT2D eigenvalue weighted by Crippen LogP contribution is 2.33. The number of alkyl halides is 1. The van der Waals surface area contributed by atoms with Gasteiger partial charge in [0.15, 0.2) is 0 Å². The number of nitrogens with zero attached hydrogens (tertiary/aromatic N) is 1. The fraction of sp³-hybridized carbons (Fsp3) is 0.455. The zero-order valence-corrected chi connectivity index (χ0v) is 14.0. The molecular formula is C11H11IN2O7P+. The summed E-state index contributed by atoms with van der Waals surface area (Å²) in [5, 5.41) is 9.72. The summed E-state index contributed by atoms with van der Waals surface area (Å²) in [6.45, 7) is 0. The molecule has 0 amide bonds. The number of aliphatic hydroxyl groups excluding tert-OH is 1. The SMILES string of the molecule is O=c1[nH]c(=O)n([C@H]2C[C@@H](O)[C@@H](O[P+](=O)O)O2)cc1C#CCI. The van der Waals surface area contributed by atoms with Gasteiger partial charge in [0.25, 0.3) is 5.56 Å². The van der Waals surface area contributed by atoms with E-state index >= 15 is 0 Å². The first-order chi connectivity index (χ1) is 10.4. The molecule has 1 aliphatic heterocycles. The molecule has 2 rings (SSSR count). The second-order valence-electron chi connectivity index (χ2n) is 4.25. The van der Waals surface area contributed by atoms with E-state index in [-0.39, 0.29) is 12.0 Å². The van der Waals surface area contributed by atoms with Crippen LogP contribution in [-0.2, 0) is 13.8 Å². The lowest BCUT2D eigenvalue weighted by molar-refractivity contribution is -0.126. The number of ether oxygens (including phenoxy) is 1. The Morgan fingerprint density at radius 2 is 2.32 bits per heavy atom. The normalized spacial score (nSPS) is 24.7. The number of nitrogens with one attached hydrogen (secondary N) is 1. The van der Waals surface area contributed by atoms with Crippen molar-refractivity contribution in [1.82, 2.24) is 9.55 Å². The summed E-state index contributed by atoms with van der Waals surface area (Å²) in [4.78, 5) is 34.2. The van der Waals surface area contributed by atoms with Crippen molar-refractivity contribution in [1.29, 1.82) is 0 Å². The van der Waals surface area contributed by atoms with E-state index in [4.69, 9.17) is 9.63 Å². The molecule has 1 aromatic rings. The predicted octanol–water partition coefficient (Wildman–Crippen LogP) is -0.405. The van der Waals surface area contributed by atoms with Gasteiger partial charge in [-0.25, -0.2) is 4.79 Å². The lowest BCUT2D eigenvalue weighted by Crippen LogP contribution is -2.33. The molecular weight excluding hydrogens is 430 g/mol. The average Bonchev–Trinajstić information content (AvgIpc) is 2.78. The molecule has 1 unspecified atom stereocenters. The molecule has 1 fully saturated rings. The minimum Gasteiger partial charge on any atom is -0.387 e. The van der Waals surface area contributed by atoms with Crippen molar-refractivity contribution in [3.8, 4) is 11.8 Å². The molecule has 0 aliphatic carbocycles. The third kappa shape index (κ3) is 4.01. The third-order valence-corrected chi connectivity index (χ3v) is 3.58. The van der Waals surface area contributed by atoms with E-state index in [1.165, 1.54) is 6.20 Å². The van der Waals surface area contributed by atoms with Gasteiger partial charge in [-0.15, -0.1) is 4.89 Å². The standard InChI is InChI=1S/C11H10IN2O7P/c12-3-1-2-6-5-14(11(17)13-9(6)16)8-4-7(15)10(20-8)21-22(18)19/h5,7-8,10,15H,3-4H2,(H-,13,16,17,18,19)/p+1/t7-,8-,10-/m1/s1. The number of halogens is 1. The van der Waals surface area contributed by atoms with Gasteiger partial charge in [0.05, 0.1) is 4.43 Å². The van der Waals surface area contributed by atoms with Gasteiger partial charge in [0.2, 0.25) is 6.29 Å². The summed E-state index contributed by atoms with van der Waals surface area (Å²) in [6.07, 6.45) is -2.28. The van der Waals surface area contributed by atoms with Gasteiger partial charge in [-0.3, -0.25) is 14.3 Å². The number of H-pyrrole nitrogens is 1. The van der Waals surface area contributed by atoms with Crippen LogP contribution in [0.5, 0.6) is 0 Å². The van der Waals surface area contributed by atoms with Crippen LogP contribution in [-0.4, -0.2) is 36.4 Å². The number of hydrogen-bond donors (Lipinski definition) is 3. The molecule has 1 saturated heterocycles.